The maximum atomic E-state index is 11.8. The topological polar surface area (TPSA) is 54.3 Å². The van der Waals surface area contributed by atoms with Gasteiger partial charge >= 0.3 is 0 Å². The molecule has 120 valence electrons. The van der Waals surface area contributed by atoms with Crippen molar-refractivity contribution >= 4 is 5.82 Å². The summed E-state index contributed by atoms with van der Waals surface area (Å²) in [6.45, 7) is 4.79. The molecule has 0 aromatic carbocycles. The summed E-state index contributed by atoms with van der Waals surface area (Å²) in [5.41, 5.74) is 1.17. The standard InChI is InChI=1S/C17H21N5O/c1-12-18-5-3-16(19-12)21-10-14-8-15(11-21)22(14)9-13-4-6-20(2)17(23)7-13/h3-7,14-15H,8-11H2,1-2H3. The fourth-order valence-corrected chi connectivity index (χ4v) is 3.65. The van der Waals surface area contributed by atoms with Crippen LogP contribution in [-0.4, -0.2) is 44.6 Å². The van der Waals surface area contributed by atoms with Crippen LogP contribution < -0.4 is 10.5 Å². The first-order chi connectivity index (χ1) is 11.1. The van der Waals surface area contributed by atoms with Crippen LogP contribution in [0.3, 0.4) is 0 Å². The Balaban J connectivity index is 1.45. The van der Waals surface area contributed by atoms with E-state index in [4.69, 9.17) is 0 Å². The van der Waals surface area contributed by atoms with Crippen molar-refractivity contribution in [2.45, 2.75) is 32.0 Å². The molecule has 0 N–H and O–H groups in total. The van der Waals surface area contributed by atoms with Crippen LogP contribution in [0.2, 0.25) is 0 Å². The summed E-state index contributed by atoms with van der Waals surface area (Å²) in [5, 5.41) is 0. The smallest absolute Gasteiger partial charge is 0.250 e. The second-order valence-electron chi connectivity index (χ2n) is 6.57. The van der Waals surface area contributed by atoms with E-state index in [1.807, 2.05) is 31.5 Å². The second-order valence-corrected chi connectivity index (χ2v) is 6.57. The number of piperazine rings is 1. The number of anilines is 1. The second kappa shape index (κ2) is 5.45. The Labute approximate surface area is 135 Å². The SMILES string of the molecule is Cc1nccc(N2CC3CC(C2)N3Cc2ccn(C)c(=O)c2)n1. The fraction of sp³-hybridized carbons (Fsp3) is 0.471. The van der Waals surface area contributed by atoms with Crippen molar-refractivity contribution in [2.75, 3.05) is 18.0 Å². The molecular formula is C17H21N5O. The number of aromatic nitrogens is 3. The molecule has 2 atom stereocenters. The van der Waals surface area contributed by atoms with E-state index < -0.39 is 0 Å². The molecule has 2 aromatic heterocycles. The first kappa shape index (κ1) is 14.4. The van der Waals surface area contributed by atoms with E-state index in [9.17, 15) is 4.79 Å². The van der Waals surface area contributed by atoms with Gasteiger partial charge in [-0.3, -0.25) is 9.69 Å². The highest BCUT2D eigenvalue weighted by atomic mass is 16.1. The molecule has 0 aliphatic carbocycles. The average molecular weight is 311 g/mol. The van der Waals surface area contributed by atoms with Crippen LogP contribution in [-0.2, 0) is 13.6 Å². The Morgan fingerprint density at radius 3 is 2.74 bits per heavy atom. The van der Waals surface area contributed by atoms with Gasteiger partial charge in [0, 0.05) is 57.2 Å². The lowest BCUT2D eigenvalue weighted by atomic mass is 9.87. The molecule has 0 saturated carbocycles. The predicted molar refractivity (Wildman–Crippen MR) is 88.4 cm³/mol. The van der Waals surface area contributed by atoms with E-state index in [2.05, 4.69) is 19.8 Å². The number of pyridine rings is 1. The number of hydrogen-bond donors (Lipinski definition) is 0. The Morgan fingerprint density at radius 1 is 1.26 bits per heavy atom. The lowest BCUT2D eigenvalue weighted by molar-refractivity contribution is -0.00875. The highest BCUT2D eigenvalue weighted by molar-refractivity contribution is 5.40. The Morgan fingerprint density at radius 2 is 2.04 bits per heavy atom. The Bertz CT molecular complexity index is 775. The number of piperidine rings is 1. The molecule has 2 bridgehead atoms. The van der Waals surface area contributed by atoms with Gasteiger partial charge in [-0.25, -0.2) is 9.97 Å². The van der Waals surface area contributed by atoms with E-state index in [1.165, 1.54) is 6.42 Å². The van der Waals surface area contributed by atoms with E-state index in [0.717, 1.165) is 36.8 Å². The number of aryl methyl sites for hydroxylation is 2. The lowest BCUT2D eigenvalue weighted by Crippen LogP contribution is -2.68. The largest absolute Gasteiger partial charge is 0.353 e. The first-order valence-electron chi connectivity index (χ1n) is 8.06. The molecule has 5 heterocycles. The molecule has 6 nitrogen and oxygen atoms in total. The summed E-state index contributed by atoms with van der Waals surface area (Å²) in [6.07, 6.45) is 4.92. The van der Waals surface area contributed by atoms with Crippen LogP contribution >= 0.6 is 0 Å². The molecular weight excluding hydrogens is 290 g/mol. The molecule has 3 aliphatic heterocycles. The molecule has 6 heteroatoms. The van der Waals surface area contributed by atoms with Crippen molar-refractivity contribution in [1.29, 1.82) is 0 Å². The summed E-state index contributed by atoms with van der Waals surface area (Å²) in [7, 11) is 1.78. The highest BCUT2D eigenvalue weighted by Crippen LogP contribution is 2.35. The van der Waals surface area contributed by atoms with Crippen LogP contribution in [0, 0.1) is 6.92 Å². The summed E-state index contributed by atoms with van der Waals surface area (Å²) < 4.78 is 1.61. The third-order valence-corrected chi connectivity index (χ3v) is 4.96. The Hall–Kier alpha value is -2.21. The van der Waals surface area contributed by atoms with Crippen LogP contribution in [0.1, 0.15) is 17.8 Å². The lowest BCUT2D eigenvalue weighted by Gasteiger charge is -2.56. The number of fused-ring (bicyclic) bond motifs is 2. The van der Waals surface area contributed by atoms with Gasteiger partial charge in [0.1, 0.15) is 11.6 Å². The molecule has 0 spiro atoms. The maximum absolute atomic E-state index is 11.8. The zero-order valence-electron chi connectivity index (χ0n) is 13.5. The zero-order valence-corrected chi connectivity index (χ0v) is 13.5. The normalized spacial score (nSPS) is 23.7. The third-order valence-electron chi connectivity index (χ3n) is 4.96. The molecule has 3 aliphatic rings. The van der Waals surface area contributed by atoms with Crippen LogP contribution in [0.4, 0.5) is 5.82 Å². The average Bonchev–Trinajstić information content (AvgIpc) is 2.56. The summed E-state index contributed by atoms with van der Waals surface area (Å²) in [6, 6.07) is 6.88. The molecule has 3 fully saturated rings. The molecule has 23 heavy (non-hydrogen) atoms. The van der Waals surface area contributed by atoms with Gasteiger partial charge in [0.15, 0.2) is 0 Å². The van der Waals surface area contributed by atoms with Gasteiger partial charge in [0.05, 0.1) is 0 Å². The molecule has 0 radical (unpaired) electrons. The monoisotopic (exact) mass is 311 g/mol. The van der Waals surface area contributed by atoms with Crippen LogP contribution in [0.25, 0.3) is 0 Å². The van der Waals surface area contributed by atoms with Crippen molar-refractivity contribution in [3.63, 3.8) is 0 Å². The molecule has 2 unspecified atom stereocenters. The van der Waals surface area contributed by atoms with Crippen LogP contribution in [0.5, 0.6) is 0 Å². The van der Waals surface area contributed by atoms with Gasteiger partial charge in [-0.2, -0.15) is 0 Å². The molecule has 5 rings (SSSR count). The van der Waals surface area contributed by atoms with Gasteiger partial charge < -0.3 is 9.47 Å². The van der Waals surface area contributed by atoms with Gasteiger partial charge in [-0.05, 0) is 31.0 Å². The van der Waals surface area contributed by atoms with E-state index in [1.54, 1.807) is 17.7 Å². The van der Waals surface area contributed by atoms with Gasteiger partial charge in [0.25, 0.3) is 5.56 Å². The van der Waals surface area contributed by atoms with Crippen molar-refractivity contribution < 1.29 is 0 Å². The first-order valence-corrected chi connectivity index (χ1v) is 8.06. The van der Waals surface area contributed by atoms with E-state index in [0.29, 0.717) is 12.1 Å². The van der Waals surface area contributed by atoms with Gasteiger partial charge in [0.2, 0.25) is 0 Å². The van der Waals surface area contributed by atoms with E-state index >= 15 is 0 Å². The quantitative estimate of drug-likeness (QED) is 0.845. The minimum absolute atomic E-state index is 0.0614. The molecule has 3 saturated heterocycles. The number of rotatable bonds is 3. The van der Waals surface area contributed by atoms with Crippen molar-refractivity contribution in [2.24, 2.45) is 7.05 Å². The summed E-state index contributed by atoms with van der Waals surface area (Å²) in [4.78, 5) is 25.3. The number of hydrogen-bond acceptors (Lipinski definition) is 5. The summed E-state index contributed by atoms with van der Waals surface area (Å²) >= 11 is 0. The fourth-order valence-electron chi connectivity index (χ4n) is 3.65. The van der Waals surface area contributed by atoms with Gasteiger partial charge in [-0.1, -0.05) is 0 Å². The molecule has 2 aromatic rings. The van der Waals surface area contributed by atoms with Crippen molar-refractivity contribution in [1.82, 2.24) is 19.4 Å². The van der Waals surface area contributed by atoms with Crippen LogP contribution in [0.15, 0.2) is 35.4 Å². The highest BCUT2D eigenvalue weighted by Gasteiger charge is 2.44. The van der Waals surface area contributed by atoms with Crippen molar-refractivity contribution in [3.8, 4) is 0 Å². The Kier molecular flexibility index (Phi) is 3.41. The minimum atomic E-state index is 0.0614. The zero-order chi connectivity index (χ0) is 16.0. The maximum Gasteiger partial charge on any atom is 0.250 e. The van der Waals surface area contributed by atoms with E-state index in [-0.39, 0.29) is 5.56 Å². The summed E-state index contributed by atoms with van der Waals surface area (Å²) in [5.74, 6) is 1.85. The molecule has 0 amide bonds. The number of nitrogens with zero attached hydrogens (tertiary/aromatic N) is 5. The third kappa shape index (κ3) is 2.63. The van der Waals surface area contributed by atoms with Gasteiger partial charge in [-0.15, -0.1) is 0 Å². The van der Waals surface area contributed by atoms with Crippen molar-refractivity contribution in [3.05, 3.63) is 52.3 Å². The minimum Gasteiger partial charge on any atom is -0.353 e. The predicted octanol–water partition coefficient (Wildman–Crippen LogP) is 0.947.